The predicted octanol–water partition coefficient (Wildman–Crippen LogP) is 4.98. The number of aromatic nitrogens is 1. The summed E-state index contributed by atoms with van der Waals surface area (Å²) >= 11 is 0. The monoisotopic (exact) mass is 358 g/mol. The molecule has 0 bridgehead atoms. The minimum absolute atomic E-state index is 0.163. The van der Waals surface area contributed by atoms with Crippen molar-refractivity contribution in [2.24, 2.45) is 0 Å². The Morgan fingerprint density at radius 1 is 1.15 bits per heavy atom. The highest BCUT2D eigenvalue weighted by molar-refractivity contribution is 6.06. The SMILES string of the molecule is C#CCCCCOc1cccc(NC(=O)c2ccc3nc(C)ccc3c2)c1. The molecule has 4 nitrogen and oxygen atoms in total. The van der Waals surface area contributed by atoms with Gasteiger partial charge in [0, 0.05) is 34.8 Å². The van der Waals surface area contributed by atoms with Crippen LogP contribution in [0, 0.1) is 19.3 Å². The Kier molecular flexibility index (Phi) is 6.06. The third-order valence-electron chi connectivity index (χ3n) is 4.17. The molecule has 0 aliphatic carbocycles. The predicted molar refractivity (Wildman–Crippen MR) is 109 cm³/mol. The first-order valence-electron chi connectivity index (χ1n) is 9.01. The minimum atomic E-state index is -0.163. The number of terminal acetylenes is 1. The highest BCUT2D eigenvalue weighted by Gasteiger charge is 2.08. The summed E-state index contributed by atoms with van der Waals surface area (Å²) in [6.45, 7) is 2.56. The van der Waals surface area contributed by atoms with Crippen molar-refractivity contribution in [3.63, 3.8) is 0 Å². The number of pyridine rings is 1. The molecule has 0 fully saturated rings. The van der Waals surface area contributed by atoms with Crippen LogP contribution in [0.1, 0.15) is 35.3 Å². The number of hydrogen-bond acceptors (Lipinski definition) is 3. The van der Waals surface area contributed by atoms with E-state index in [2.05, 4.69) is 16.2 Å². The van der Waals surface area contributed by atoms with Crippen molar-refractivity contribution < 1.29 is 9.53 Å². The lowest BCUT2D eigenvalue weighted by molar-refractivity contribution is 0.102. The second-order valence-electron chi connectivity index (χ2n) is 6.35. The molecule has 4 heteroatoms. The molecule has 3 rings (SSSR count). The van der Waals surface area contributed by atoms with E-state index in [1.807, 2.05) is 55.5 Å². The average molecular weight is 358 g/mol. The highest BCUT2D eigenvalue weighted by Crippen LogP contribution is 2.20. The topological polar surface area (TPSA) is 51.2 Å². The molecule has 0 spiro atoms. The summed E-state index contributed by atoms with van der Waals surface area (Å²) < 4.78 is 5.72. The number of nitrogens with one attached hydrogen (secondary N) is 1. The lowest BCUT2D eigenvalue weighted by Gasteiger charge is -2.09. The lowest BCUT2D eigenvalue weighted by atomic mass is 10.1. The molecule has 136 valence electrons. The van der Waals surface area contributed by atoms with Crippen molar-refractivity contribution in [1.82, 2.24) is 4.98 Å². The number of anilines is 1. The van der Waals surface area contributed by atoms with Gasteiger partial charge in [0.05, 0.1) is 12.1 Å². The van der Waals surface area contributed by atoms with E-state index >= 15 is 0 Å². The van der Waals surface area contributed by atoms with E-state index in [-0.39, 0.29) is 5.91 Å². The number of hydrogen-bond donors (Lipinski definition) is 1. The van der Waals surface area contributed by atoms with Gasteiger partial charge in [-0.3, -0.25) is 9.78 Å². The zero-order valence-electron chi connectivity index (χ0n) is 15.4. The van der Waals surface area contributed by atoms with Gasteiger partial charge in [-0.1, -0.05) is 12.1 Å². The molecule has 0 radical (unpaired) electrons. The zero-order valence-corrected chi connectivity index (χ0v) is 15.4. The number of benzene rings is 2. The summed E-state index contributed by atoms with van der Waals surface area (Å²) in [6.07, 6.45) is 7.86. The van der Waals surface area contributed by atoms with E-state index in [0.717, 1.165) is 41.6 Å². The third kappa shape index (κ3) is 5.08. The van der Waals surface area contributed by atoms with E-state index in [4.69, 9.17) is 11.2 Å². The van der Waals surface area contributed by atoms with E-state index in [1.54, 1.807) is 6.07 Å². The maximum atomic E-state index is 12.6. The molecule has 27 heavy (non-hydrogen) atoms. The van der Waals surface area contributed by atoms with E-state index in [0.29, 0.717) is 17.9 Å². The summed E-state index contributed by atoms with van der Waals surface area (Å²) in [6, 6.07) is 16.8. The number of amides is 1. The van der Waals surface area contributed by atoms with Crippen molar-refractivity contribution >= 4 is 22.5 Å². The van der Waals surface area contributed by atoms with Crippen molar-refractivity contribution in [2.75, 3.05) is 11.9 Å². The molecule has 0 unspecified atom stereocenters. The molecule has 1 aromatic heterocycles. The molecule has 1 N–H and O–H groups in total. The molecule has 0 aliphatic rings. The summed E-state index contributed by atoms with van der Waals surface area (Å²) in [5.41, 5.74) is 3.12. The fourth-order valence-electron chi connectivity index (χ4n) is 2.75. The van der Waals surface area contributed by atoms with Crippen LogP contribution in [-0.4, -0.2) is 17.5 Å². The van der Waals surface area contributed by atoms with Gasteiger partial charge < -0.3 is 10.1 Å². The summed E-state index contributed by atoms with van der Waals surface area (Å²) in [7, 11) is 0. The first-order chi connectivity index (χ1) is 13.2. The van der Waals surface area contributed by atoms with Crippen molar-refractivity contribution in [3.8, 4) is 18.1 Å². The minimum Gasteiger partial charge on any atom is -0.494 e. The van der Waals surface area contributed by atoms with E-state index in [1.165, 1.54) is 0 Å². The van der Waals surface area contributed by atoms with Gasteiger partial charge in [0.2, 0.25) is 0 Å². The first kappa shape index (κ1) is 18.5. The van der Waals surface area contributed by atoms with Gasteiger partial charge in [0.25, 0.3) is 5.91 Å². The number of unbranched alkanes of at least 4 members (excludes halogenated alkanes) is 2. The van der Waals surface area contributed by atoms with Gasteiger partial charge in [-0.2, -0.15) is 0 Å². The van der Waals surface area contributed by atoms with Crippen LogP contribution in [-0.2, 0) is 0 Å². The zero-order chi connectivity index (χ0) is 19.1. The van der Waals surface area contributed by atoms with Gasteiger partial charge >= 0.3 is 0 Å². The fraction of sp³-hybridized carbons (Fsp3) is 0.217. The number of nitrogens with zero attached hydrogens (tertiary/aromatic N) is 1. The number of ether oxygens (including phenoxy) is 1. The number of carbonyl (C=O) groups is 1. The molecular formula is C23H22N2O2. The van der Waals surface area contributed by atoms with Gasteiger partial charge in [0.1, 0.15) is 5.75 Å². The molecule has 0 atom stereocenters. The Hall–Kier alpha value is -3.32. The Balaban J connectivity index is 1.64. The second kappa shape index (κ2) is 8.86. The molecular weight excluding hydrogens is 336 g/mol. The summed E-state index contributed by atoms with van der Waals surface area (Å²) in [5, 5.41) is 3.86. The standard InChI is InChI=1S/C23H22N2O2/c1-3-4-5-6-14-27-21-9-7-8-20(16-21)25-23(26)19-12-13-22-18(15-19)11-10-17(2)24-22/h1,7-13,15-16H,4-6,14H2,2H3,(H,25,26). The average Bonchev–Trinajstić information content (AvgIpc) is 2.67. The normalized spacial score (nSPS) is 10.4. The third-order valence-corrected chi connectivity index (χ3v) is 4.17. The molecule has 1 heterocycles. The first-order valence-corrected chi connectivity index (χ1v) is 9.01. The number of carbonyl (C=O) groups excluding carboxylic acids is 1. The van der Waals surface area contributed by atoms with Crippen LogP contribution in [0.5, 0.6) is 5.75 Å². The fourth-order valence-corrected chi connectivity index (χ4v) is 2.75. The van der Waals surface area contributed by atoms with Crippen LogP contribution in [0.25, 0.3) is 10.9 Å². The van der Waals surface area contributed by atoms with Crippen LogP contribution >= 0.6 is 0 Å². The maximum absolute atomic E-state index is 12.6. The summed E-state index contributed by atoms with van der Waals surface area (Å²) in [5.74, 6) is 3.18. The highest BCUT2D eigenvalue weighted by atomic mass is 16.5. The van der Waals surface area contributed by atoms with Gasteiger partial charge in [0.15, 0.2) is 0 Å². The summed E-state index contributed by atoms with van der Waals surface area (Å²) in [4.78, 5) is 17.0. The van der Waals surface area contributed by atoms with Crippen LogP contribution in [0.2, 0.25) is 0 Å². The molecule has 3 aromatic rings. The van der Waals surface area contributed by atoms with E-state index < -0.39 is 0 Å². The maximum Gasteiger partial charge on any atom is 0.255 e. The molecule has 1 amide bonds. The Morgan fingerprint density at radius 2 is 2.04 bits per heavy atom. The van der Waals surface area contributed by atoms with Crippen LogP contribution in [0.4, 0.5) is 5.69 Å². The number of fused-ring (bicyclic) bond motifs is 1. The largest absolute Gasteiger partial charge is 0.494 e. The number of aryl methyl sites for hydroxylation is 1. The van der Waals surface area contributed by atoms with Gasteiger partial charge in [-0.15, -0.1) is 12.3 Å². The lowest BCUT2D eigenvalue weighted by Crippen LogP contribution is -2.12. The Labute approximate surface area is 159 Å². The number of rotatable bonds is 7. The van der Waals surface area contributed by atoms with Crippen LogP contribution in [0.3, 0.4) is 0 Å². The quantitative estimate of drug-likeness (QED) is 0.479. The Morgan fingerprint density at radius 3 is 2.89 bits per heavy atom. The molecule has 2 aromatic carbocycles. The van der Waals surface area contributed by atoms with Crippen molar-refractivity contribution in [2.45, 2.75) is 26.2 Å². The van der Waals surface area contributed by atoms with Crippen molar-refractivity contribution in [1.29, 1.82) is 0 Å². The second-order valence-corrected chi connectivity index (χ2v) is 6.35. The van der Waals surface area contributed by atoms with Crippen LogP contribution < -0.4 is 10.1 Å². The molecule has 0 saturated carbocycles. The van der Waals surface area contributed by atoms with Crippen LogP contribution in [0.15, 0.2) is 54.6 Å². The molecule has 0 saturated heterocycles. The van der Waals surface area contributed by atoms with Gasteiger partial charge in [-0.05, 0) is 56.2 Å². The smallest absolute Gasteiger partial charge is 0.255 e. The van der Waals surface area contributed by atoms with Gasteiger partial charge in [-0.25, -0.2) is 0 Å². The Bertz CT molecular complexity index is 989. The molecule has 0 aliphatic heterocycles. The van der Waals surface area contributed by atoms with Crippen molar-refractivity contribution in [3.05, 3.63) is 65.9 Å². The van der Waals surface area contributed by atoms with E-state index in [9.17, 15) is 4.79 Å².